The Kier molecular flexibility index (Phi) is 37.3. The zero-order valence-electron chi connectivity index (χ0n) is 27.2. The SMILES string of the molecule is CCCCCCCCCCCCCCCCSCC(CO)CSCCCCCCCCCCCCCCCC. The van der Waals surface area contributed by atoms with Crippen molar-refractivity contribution in [3.05, 3.63) is 0 Å². The molecule has 0 aliphatic heterocycles. The summed E-state index contributed by atoms with van der Waals surface area (Å²) < 4.78 is 0. The second kappa shape index (κ2) is 36.7. The second-order valence-corrected chi connectivity index (χ2v) is 14.7. The molecule has 0 radical (unpaired) electrons. The lowest BCUT2D eigenvalue weighted by Gasteiger charge is -2.13. The number of thioether (sulfide) groups is 2. The molecule has 0 spiro atoms. The molecule has 0 unspecified atom stereocenters. The predicted molar refractivity (Wildman–Crippen MR) is 186 cm³/mol. The Labute approximate surface area is 257 Å². The zero-order valence-corrected chi connectivity index (χ0v) is 28.8. The van der Waals surface area contributed by atoms with Crippen LogP contribution in [0.25, 0.3) is 0 Å². The number of aliphatic hydroxyl groups is 1. The number of hydrogen-bond acceptors (Lipinski definition) is 3. The fraction of sp³-hybridized carbons (Fsp3) is 1.00. The highest BCUT2D eigenvalue weighted by Gasteiger charge is 2.07. The topological polar surface area (TPSA) is 20.2 Å². The molecular formula is C36H74OS2. The molecule has 39 heavy (non-hydrogen) atoms. The number of aliphatic hydroxyl groups excluding tert-OH is 1. The Bertz CT molecular complexity index is 381. The van der Waals surface area contributed by atoms with Gasteiger partial charge < -0.3 is 5.11 Å². The van der Waals surface area contributed by atoms with Crippen molar-refractivity contribution >= 4 is 23.5 Å². The van der Waals surface area contributed by atoms with Gasteiger partial charge in [-0.25, -0.2) is 0 Å². The van der Waals surface area contributed by atoms with Crippen molar-refractivity contribution in [3.8, 4) is 0 Å². The molecule has 0 aliphatic carbocycles. The smallest absolute Gasteiger partial charge is 0.0475 e. The van der Waals surface area contributed by atoms with Crippen LogP contribution in [0.2, 0.25) is 0 Å². The van der Waals surface area contributed by atoms with E-state index in [4.69, 9.17) is 0 Å². The van der Waals surface area contributed by atoms with Gasteiger partial charge in [0.25, 0.3) is 0 Å². The van der Waals surface area contributed by atoms with Crippen LogP contribution in [-0.2, 0) is 0 Å². The minimum atomic E-state index is 0.373. The molecule has 0 saturated heterocycles. The summed E-state index contributed by atoms with van der Waals surface area (Å²) in [5.41, 5.74) is 0. The maximum absolute atomic E-state index is 9.75. The highest BCUT2D eigenvalue weighted by molar-refractivity contribution is 8.00. The summed E-state index contributed by atoms with van der Waals surface area (Å²) in [4.78, 5) is 0. The van der Waals surface area contributed by atoms with E-state index in [9.17, 15) is 5.11 Å². The minimum absolute atomic E-state index is 0.373. The van der Waals surface area contributed by atoms with Crippen LogP contribution in [0.4, 0.5) is 0 Å². The van der Waals surface area contributed by atoms with Gasteiger partial charge in [0.15, 0.2) is 0 Å². The quantitative estimate of drug-likeness (QED) is 0.0746. The van der Waals surface area contributed by atoms with E-state index in [1.807, 2.05) is 0 Å². The van der Waals surface area contributed by atoms with Crippen LogP contribution in [0.5, 0.6) is 0 Å². The Morgan fingerprint density at radius 3 is 0.821 bits per heavy atom. The first kappa shape index (κ1) is 39.7. The van der Waals surface area contributed by atoms with Crippen LogP contribution in [0.15, 0.2) is 0 Å². The number of unbranched alkanes of at least 4 members (excludes halogenated alkanes) is 26. The van der Waals surface area contributed by atoms with E-state index in [1.54, 1.807) is 0 Å². The average molecular weight is 587 g/mol. The molecule has 0 atom stereocenters. The lowest BCUT2D eigenvalue weighted by atomic mass is 10.0. The molecule has 0 rings (SSSR count). The van der Waals surface area contributed by atoms with Gasteiger partial charge in [-0.1, -0.05) is 181 Å². The van der Waals surface area contributed by atoms with E-state index in [2.05, 4.69) is 37.4 Å². The van der Waals surface area contributed by atoms with E-state index in [-0.39, 0.29) is 0 Å². The lowest BCUT2D eigenvalue weighted by molar-refractivity contribution is 0.253. The molecule has 0 aliphatic rings. The van der Waals surface area contributed by atoms with Crippen LogP contribution >= 0.6 is 23.5 Å². The molecule has 236 valence electrons. The first-order valence-corrected chi connectivity index (χ1v) is 20.4. The largest absolute Gasteiger partial charge is 0.396 e. The molecule has 0 saturated carbocycles. The summed E-state index contributed by atoms with van der Waals surface area (Å²) in [5.74, 6) is 5.39. The Balaban J connectivity index is 3.25. The summed E-state index contributed by atoms with van der Waals surface area (Å²) in [6.07, 6.45) is 40.2. The van der Waals surface area contributed by atoms with Gasteiger partial charge in [-0.3, -0.25) is 0 Å². The van der Waals surface area contributed by atoms with Gasteiger partial charge in [-0.15, -0.1) is 0 Å². The molecule has 0 aromatic heterocycles. The van der Waals surface area contributed by atoms with Crippen molar-refractivity contribution < 1.29 is 5.11 Å². The van der Waals surface area contributed by atoms with Crippen LogP contribution in [0.3, 0.4) is 0 Å². The van der Waals surface area contributed by atoms with Crippen molar-refractivity contribution in [2.45, 2.75) is 194 Å². The van der Waals surface area contributed by atoms with Gasteiger partial charge in [0.2, 0.25) is 0 Å². The molecule has 1 N–H and O–H groups in total. The van der Waals surface area contributed by atoms with E-state index in [0.717, 1.165) is 11.5 Å². The third kappa shape index (κ3) is 34.8. The van der Waals surface area contributed by atoms with Crippen molar-refractivity contribution in [1.29, 1.82) is 0 Å². The minimum Gasteiger partial charge on any atom is -0.396 e. The summed E-state index contributed by atoms with van der Waals surface area (Å²) in [6, 6.07) is 0. The first-order valence-electron chi connectivity index (χ1n) is 18.1. The fourth-order valence-corrected chi connectivity index (χ4v) is 7.86. The number of rotatable bonds is 35. The highest BCUT2D eigenvalue weighted by atomic mass is 32.2. The normalized spacial score (nSPS) is 11.7. The lowest BCUT2D eigenvalue weighted by Crippen LogP contribution is -2.13. The molecule has 0 aromatic carbocycles. The van der Waals surface area contributed by atoms with Gasteiger partial charge in [0.05, 0.1) is 0 Å². The Morgan fingerprint density at radius 1 is 0.359 bits per heavy atom. The molecule has 0 heterocycles. The third-order valence-corrected chi connectivity index (χ3v) is 10.8. The van der Waals surface area contributed by atoms with Crippen molar-refractivity contribution in [2.24, 2.45) is 5.92 Å². The second-order valence-electron chi connectivity index (χ2n) is 12.4. The van der Waals surface area contributed by atoms with Gasteiger partial charge >= 0.3 is 0 Å². The maximum Gasteiger partial charge on any atom is 0.0475 e. The molecule has 0 amide bonds. The molecule has 0 aromatic rings. The van der Waals surface area contributed by atoms with Gasteiger partial charge in [-0.2, -0.15) is 23.5 Å². The third-order valence-electron chi connectivity index (χ3n) is 8.25. The van der Waals surface area contributed by atoms with Crippen molar-refractivity contribution in [1.82, 2.24) is 0 Å². The maximum atomic E-state index is 9.75. The molecule has 0 bridgehead atoms. The van der Waals surface area contributed by atoms with Crippen LogP contribution in [0.1, 0.15) is 194 Å². The van der Waals surface area contributed by atoms with E-state index in [0.29, 0.717) is 12.5 Å². The molecule has 1 nitrogen and oxygen atoms in total. The first-order chi connectivity index (χ1) is 19.3. The van der Waals surface area contributed by atoms with Crippen LogP contribution in [-0.4, -0.2) is 34.7 Å². The molecule has 3 heteroatoms. The zero-order chi connectivity index (χ0) is 28.3. The monoisotopic (exact) mass is 587 g/mol. The van der Waals surface area contributed by atoms with Crippen LogP contribution in [0, 0.1) is 5.92 Å². The van der Waals surface area contributed by atoms with Crippen LogP contribution < -0.4 is 0 Å². The van der Waals surface area contributed by atoms with E-state index in [1.165, 1.54) is 191 Å². The van der Waals surface area contributed by atoms with Gasteiger partial charge in [-0.05, 0) is 35.9 Å². The van der Waals surface area contributed by atoms with Gasteiger partial charge in [0, 0.05) is 12.5 Å². The Hall–Kier alpha value is 0.660. The summed E-state index contributed by atoms with van der Waals surface area (Å²) in [6.45, 7) is 4.97. The van der Waals surface area contributed by atoms with Crippen molar-refractivity contribution in [2.75, 3.05) is 29.6 Å². The molecule has 0 fully saturated rings. The van der Waals surface area contributed by atoms with Crippen molar-refractivity contribution in [3.63, 3.8) is 0 Å². The summed E-state index contributed by atoms with van der Waals surface area (Å²) >= 11 is 4.17. The van der Waals surface area contributed by atoms with E-state index < -0.39 is 0 Å². The molecular weight excluding hydrogens is 513 g/mol. The van der Waals surface area contributed by atoms with E-state index >= 15 is 0 Å². The summed E-state index contributed by atoms with van der Waals surface area (Å²) in [5, 5.41) is 9.75. The summed E-state index contributed by atoms with van der Waals surface area (Å²) in [7, 11) is 0. The van der Waals surface area contributed by atoms with Gasteiger partial charge in [0.1, 0.15) is 0 Å². The average Bonchev–Trinajstić information content (AvgIpc) is 2.95. The highest BCUT2D eigenvalue weighted by Crippen LogP contribution is 2.19. The Morgan fingerprint density at radius 2 is 0.590 bits per heavy atom. The standard InChI is InChI=1S/C36H74OS2/c1-3-5-7-9-11-13-15-17-19-21-23-25-27-29-31-38-34-36(33-37)35-39-32-30-28-26-24-22-20-18-16-14-12-10-8-6-4-2/h36-37H,3-35H2,1-2H3. The predicted octanol–water partition coefficient (Wildman–Crippen LogP) is 13.0. The number of hydrogen-bond donors (Lipinski definition) is 1. The fourth-order valence-electron chi connectivity index (χ4n) is 5.45.